The summed E-state index contributed by atoms with van der Waals surface area (Å²) in [6, 6.07) is 6.10. The third-order valence-electron chi connectivity index (χ3n) is 7.88. The summed E-state index contributed by atoms with van der Waals surface area (Å²) >= 11 is 1.65. The van der Waals surface area contributed by atoms with E-state index < -0.39 is 28.7 Å². The highest BCUT2D eigenvalue weighted by Crippen LogP contribution is 2.66. The van der Waals surface area contributed by atoms with Crippen molar-refractivity contribution in [1.29, 1.82) is 0 Å². The number of fused-ring (bicyclic) bond motifs is 1. The minimum Gasteiger partial charge on any atom is -0.494 e. The number of hydrogen-bond acceptors (Lipinski definition) is 6. The molecular weight excluding hydrogens is 478 g/mol. The van der Waals surface area contributed by atoms with Crippen LogP contribution in [-0.2, 0) is 14.4 Å². The fourth-order valence-corrected chi connectivity index (χ4v) is 8.41. The Morgan fingerprint density at radius 1 is 1.19 bits per heavy atom. The van der Waals surface area contributed by atoms with Gasteiger partial charge in [0.15, 0.2) is 0 Å². The number of aliphatic hydroxyl groups is 1. The molecule has 3 fully saturated rings. The number of benzene rings is 1. The fraction of sp³-hybridized carbons (Fsp3) is 0.667. The molecule has 2 unspecified atom stereocenters. The molecule has 3 aliphatic rings. The van der Waals surface area contributed by atoms with Gasteiger partial charge < -0.3 is 25.4 Å². The van der Waals surface area contributed by atoms with Crippen LogP contribution in [0.4, 0.5) is 5.69 Å². The third-order valence-corrected chi connectivity index (χ3v) is 9.83. The smallest absolute Gasteiger partial charge is 0.244 e. The van der Waals surface area contributed by atoms with Crippen molar-refractivity contribution in [1.82, 2.24) is 10.2 Å². The molecule has 4 rings (SSSR count). The predicted octanol–water partition coefficient (Wildman–Crippen LogP) is 3.19. The Hall–Kier alpha value is -2.26. The molecule has 6 atom stereocenters. The number of rotatable bonds is 12. The van der Waals surface area contributed by atoms with Gasteiger partial charge in [-0.2, -0.15) is 0 Å². The maximum absolute atomic E-state index is 13.9. The molecule has 1 spiro atoms. The topological polar surface area (TPSA) is 108 Å². The van der Waals surface area contributed by atoms with Gasteiger partial charge >= 0.3 is 0 Å². The van der Waals surface area contributed by atoms with Crippen LogP contribution in [0, 0.1) is 11.8 Å². The van der Waals surface area contributed by atoms with E-state index in [4.69, 9.17) is 4.74 Å². The van der Waals surface area contributed by atoms with Crippen molar-refractivity contribution in [3.63, 3.8) is 0 Å². The monoisotopic (exact) mass is 517 g/mol. The first-order valence-electron chi connectivity index (χ1n) is 13.3. The molecule has 0 saturated carbocycles. The first-order valence-corrected chi connectivity index (χ1v) is 14.2. The van der Waals surface area contributed by atoms with Gasteiger partial charge in [-0.05, 0) is 56.9 Å². The van der Waals surface area contributed by atoms with Crippen LogP contribution < -0.4 is 15.4 Å². The van der Waals surface area contributed by atoms with Crippen LogP contribution in [0.2, 0.25) is 0 Å². The summed E-state index contributed by atoms with van der Waals surface area (Å²) in [4.78, 5) is 42.7. The van der Waals surface area contributed by atoms with Gasteiger partial charge in [-0.15, -0.1) is 11.8 Å². The summed E-state index contributed by atoms with van der Waals surface area (Å²) in [6.45, 7) is 6.87. The van der Waals surface area contributed by atoms with E-state index >= 15 is 0 Å². The van der Waals surface area contributed by atoms with E-state index in [0.29, 0.717) is 25.3 Å². The number of thioether (sulfide) groups is 1. The van der Waals surface area contributed by atoms with E-state index in [1.54, 1.807) is 28.8 Å². The number of amides is 3. The van der Waals surface area contributed by atoms with Crippen LogP contribution in [-0.4, -0.2) is 69.6 Å². The van der Waals surface area contributed by atoms with Gasteiger partial charge in [-0.3, -0.25) is 14.4 Å². The lowest BCUT2D eigenvalue weighted by molar-refractivity contribution is -0.142. The molecule has 0 aliphatic carbocycles. The van der Waals surface area contributed by atoms with Gasteiger partial charge in [0, 0.05) is 17.5 Å². The lowest BCUT2D eigenvalue weighted by atomic mass is 9.70. The summed E-state index contributed by atoms with van der Waals surface area (Å²) in [5, 5.41) is 16.1. The summed E-state index contributed by atoms with van der Waals surface area (Å²) < 4.78 is 4.84. The van der Waals surface area contributed by atoms with Gasteiger partial charge in [0.25, 0.3) is 0 Å². The molecule has 3 heterocycles. The number of nitrogens with one attached hydrogen (secondary N) is 2. The Morgan fingerprint density at radius 2 is 1.94 bits per heavy atom. The Labute approximate surface area is 217 Å². The molecule has 8 nitrogen and oxygen atoms in total. The van der Waals surface area contributed by atoms with Gasteiger partial charge in [0.1, 0.15) is 11.8 Å². The minimum absolute atomic E-state index is 0.00612. The maximum Gasteiger partial charge on any atom is 0.244 e. The molecule has 1 aromatic carbocycles. The second kappa shape index (κ2) is 11.4. The Bertz CT molecular complexity index is 953. The van der Waals surface area contributed by atoms with Crippen molar-refractivity contribution < 1.29 is 24.2 Å². The maximum atomic E-state index is 13.9. The molecule has 2 bridgehead atoms. The SMILES string of the molecule is CCCCCNC(=O)C1N([C@@H](CC)CO)C(=O)[C@@H]2[C@@H](C(=O)Nc3ccc(OCC)cc3)[C@H]3CCC12S3. The summed E-state index contributed by atoms with van der Waals surface area (Å²) in [5.74, 6) is -0.873. The van der Waals surface area contributed by atoms with Crippen molar-refractivity contribution in [3.05, 3.63) is 24.3 Å². The molecule has 0 radical (unpaired) electrons. The van der Waals surface area contributed by atoms with E-state index in [9.17, 15) is 19.5 Å². The van der Waals surface area contributed by atoms with Crippen LogP contribution in [0.3, 0.4) is 0 Å². The Balaban J connectivity index is 1.59. The molecule has 3 saturated heterocycles. The predicted molar refractivity (Wildman–Crippen MR) is 141 cm³/mol. The van der Waals surface area contributed by atoms with Crippen molar-refractivity contribution in [3.8, 4) is 5.75 Å². The number of anilines is 1. The number of nitrogens with zero attached hydrogens (tertiary/aromatic N) is 1. The van der Waals surface area contributed by atoms with Gasteiger partial charge in [-0.1, -0.05) is 26.7 Å². The average molecular weight is 518 g/mol. The van der Waals surface area contributed by atoms with Crippen LogP contribution in [0.15, 0.2) is 24.3 Å². The largest absolute Gasteiger partial charge is 0.494 e. The number of likely N-dealkylation sites (tertiary alicyclic amines) is 1. The Morgan fingerprint density at radius 3 is 2.58 bits per heavy atom. The molecule has 0 aromatic heterocycles. The first-order chi connectivity index (χ1) is 17.4. The molecule has 9 heteroatoms. The number of ether oxygens (including phenoxy) is 1. The quantitative estimate of drug-likeness (QED) is 0.368. The van der Waals surface area contributed by atoms with E-state index in [0.717, 1.165) is 37.9 Å². The minimum atomic E-state index is -0.674. The summed E-state index contributed by atoms with van der Waals surface area (Å²) in [7, 11) is 0. The van der Waals surface area contributed by atoms with E-state index in [2.05, 4.69) is 17.6 Å². The second-order valence-electron chi connectivity index (χ2n) is 9.99. The van der Waals surface area contributed by atoms with Crippen LogP contribution >= 0.6 is 11.8 Å². The van der Waals surface area contributed by atoms with Crippen molar-refractivity contribution in [2.45, 2.75) is 81.4 Å². The standard InChI is InChI=1S/C27H39N3O5S/c1-4-7-8-15-28-25(33)23-27-14-13-20(36-27)21(22(27)26(34)30(23)18(5-2)16-31)24(32)29-17-9-11-19(12-10-17)35-6-3/h9-12,18,20-23,31H,4-8,13-16H2,1-3H3,(H,28,33)(H,29,32)/t18-,20+,21-,22-,23?,27?/m0/s1. The van der Waals surface area contributed by atoms with Crippen LogP contribution in [0.1, 0.15) is 59.3 Å². The third kappa shape index (κ3) is 4.72. The normalized spacial score (nSPS) is 29.2. The van der Waals surface area contributed by atoms with E-state index in [1.807, 2.05) is 26.0 Å². The molecule has 1 aromatic rings. The van der Waals surface area contributed by atoms with E-state index in [1.165, 1.54) is 0 Å². The number of aliphatic hydroxyl groups excluding tert-OH is 1. The lowest BCUT2D eigenvalue weighted by Crippen LogP contribution is -2.56. The number of hydrogen-bond donors (Lipinski definition) is 3. The first kappa shape index (κ1) is 26.8. The van der Waals surface area contributed by atoms with Crippen molar-refractivity contribution in [2.75, 3.05) is 25.1 Å². The highest BCUT2D eigenvalue weighted by atomic mass is 32.2. The van der Waals surface area contributed by atoms with Gasteiger partial charge in [-0.25, -0.2) is 0 Å². The molecule has 198 valence electrons. The van der Waals surface area contributed by atoms with Gasteiger partial charge in [0.05, 0.1) is 35.8 Å². The molecule has 3 amide bonds. The average Bonchev–Trinajstić information content (AvgIpc) is 3.52. The fourth-order valence-electron chi connectivity index (χ4n) is 6.21. The molecule has 3 N–H and O–H groups in total. The molecule has 36 heavy (non-hydrogen) atoms. The highest BCUT2D eigenvalue weighted by molar-refractivity contribution is 8.02. The van der Waals surface area contributed by atoms with Crippen LogP contribution in [0.25, 0.3) is 0 Å². The Kier molecular flexibility index (Phi) is 8.50. The van der Waals surface area contributed by atoms with Crippen molar-refractivity contribution >= 4 is 35.2 Å². The van der Waals surface area contributed by atoms with Crippen molar-refractivity contribution in [2.24, 2.45) is 11.8 Å². The zero-order valence-corrected chi connectivity index (χ0v) is 22.3. The zero-order valence-electron chi connectivity index (χ0n) is 21.5. The van der Waals surface area contributed by atoms with Gasteiger partial charge in [0.2, 0.25) is 17.7 Å². The zero-order chi connectivity index (χ0) is 25.9. The lowest BCUT2D eigenvalue weighted by Gasteiger charge is -2.36. The number of carbonyl (C=O) groups is 3. The highest BCUT2D eigenvalue weighted by Gasteiger charge is 2.74. The summed E-state index contributed by atoms with van der Waals surface area (Å²) in [6.07, 6.45) is 5.03. The summed E-state index contributed by atoms with van der Waals surface area (Å²) in [5.41, 5.74) is 0.652. The number of carbonyl (C=O) groups excluding carboxylic acids is 3. The van der Waals surface area contributed by atoms with Crippen LogP contribution in [0.5, 0.6) is 5.75 Å². The second-order valence-corrected chi connectivity index (χ2v) is 11.6. The molecular formula is C27H39N3O5S. The van der Waals surface area contributed by atoms with E-state index in [-0.39, 0.29) is 29.6 Å². The number of unbranched alkanes of at least 4 members (excludes halogenated alkanes) is 2. The molecule has 3 aliphatic heterocycles.